The summed E-state index contributed by atoms with van der Waals surface area (Å²) in [6.45, 7) is 14.8. The standard InChI is InChI=1S/C20H42N4O9/c1-9-25-18(26-10-2,17-22-23-21)33-20(29-13-5,30-14-6)19(27-11-3,28-12-4)24(31-15-7)32-16-8/h9-17H2,1-8H3. The van der Waals surface area contributed by atoms with Gasteiger partial charge in [-0.1, -0.05) is 5.11 Å². The number of azide groups is 1. The van der Waals surface area contributed by atoms with Gasteiger partial charge < -0.3 is 28.4 Å². The summed E-state index contributed by atoms with van der Waals surface area (Å²) in [6, 6.07) is 0. The quantitative estimate of drug-likeness (QED) is 0.0738. The number of ether oxygens (including phenoxy) is 7. The van der Waals surface area contributed by atoms with Crippen LogP contribution in [0.4, 0.5) is 0 Å². The van der Waals surface area contributed by atoms with Gasteiger partial charge in [0.05, 0.1) is 13.2 Å². The van der Waals surface area contributed by atoms with Gasteiger partial charge in [0.1, 0.15) is 6.54 Å². The third kappa shape index (κ3) is 8.57. The van der Waals surface area contributed by atoms with E-state index in [0.717, 1.165) is 5.23 Å². The van der Waals surface area contributed by atoms with Crippen LogP contribution in [0.5, 0.6) is 0 Å². The minimum absolute atomic E-state index is 0.101. The second-order valence-corrected chi connectivity index (χ2v) is 6.00. The van der Waals surface area contributed by atoms with Crippen LogP contribution < -0.4 is 0 Å². The number of rotatable bonds is 22. The molecular weight excluding hydrogens is 440 g/mol. The minimum atomic E-state index is -2.18. The van der Waals surface area contributed by atoms with Gasteiger partial charge in [-0.2, -0.15) is 0 Å². The van der Waals surface area contributed by atoms with Crippen molar-refractivity contribution in [3.8, 4) is 0 Å². The fourth-order valence-corrected chi connectivity index (χ4v) is 2.98. The molecule has 0 spiro atoms. The highest BCUT2D eigenvalue weighted by molar-refractivity contribution is 4.81. The van der Waals surface area contributed by atoms with Crippen molar-refractivity contribution in [3.05, 3.63) is 10.4 Å². The van der Waals surface area contributed by atoms with E-state index in [1.807, 2.05) is 0 Å². The summed E-state index contributed by atoms with van der Waals surface area (Å²) in [6.07, 6.45) is 0. The third-order valence-electron chi connectivity index (χ3n) is 3.81. The minimum Gasteiger partial charge on any atom is -0.328 e. The van der Waals surface area contributed by atoms with E-state index in [1.54, 1.807) is 55.4 Å². The predicted octanol–water partition coefficient (Wildman–Crippen LogP) is 3.70. The Labute approximate surface area is 196 Å². The van der Waals surface area contributed by atoms with Gasteiger partial charge in [0, 0.05) is 49.8 Å². The largest absolute Gasteiger partial charge is 0.365 e. The Kier molecular flexibility index (Phi) is 16.8. The van der Waals surface area contributed by atoms with Crippen molar-refractivity contribution in [3.63, 3.8) is 0 Å². The van der Waals surface area contributed by atoms with Gasteiger partial charge in [-0.15, -0.1) is 0 Å². The second-order valence-electron chi connectivity index (χ2n) is 6.00. The third-order valence-corrected chi connectivity index (χ3v) is 3.81. The summed E-state index contributed by atoms with van der Waals surface area (Å²) in [4.78, 5) is 14.3. The van der Waals surface area contributed by atoms with Gasteiger partial charge in [0.15, 0.2) is 0 Å². The lowest BCUT2D eigenvalue weighted by Crippen LogP contribution is -2.73. The lowest BCUT2D eigenvalue weighted by atomic mass is 10.3. The molecule has 0 saturated carbocycles. The topological polar surface area (TPSA) is 135 Å². The van der Waals surface area contributed by atoms with E-state index in [0.29, 0.717) is 0 Å². The molecule has 0 aliphatic carbocycles. The summed E-state index contributed by atoms with van der Waals surface area (Å²) >= 11 is 0. The van der Waals surface area contributed by atoms with Crippen molar-refractivity contribution >= 4 is 0 Å². The molecule has 0 amide bonds. The Balaban J connectivity index is 7.09. The van der Waals surface area contributed by atoms with Crippen LogP contribution in [0.1, 0.15) is 55.4 Å². The molecule has 13 heteroatoms. The van der Waals surface area contributed by atoms with Gasteiger partial charge in [-0.3, -0.25) is 14.4 Å². The molecule has 33 heavy (non-hydrogen) atoms. The van der Waals surface area contributed by atoms with E-state index in [4.69, 9.17) is 48.4 Å². The predicted molar refractivity (Wildman–Crippen MR) is 118 cm³/mol. The van der Waals surface area contributed by atoms with Gasteiger partial charge in [0.25, 0.3) is 5.97 Å². The first kappa shape index (κ1) is 31.9. The summed E-state index contributed by atoms with van der Waals surface area (Å²) in [5, 5.41) is 4.63. The van der Waals surface area contributed by atoms with Crippen LogP contribution in [0, 0.1) is 0 Å². The van der Waals surface area contributed by atoms with Crippen LogP contribution in [0.3, 0.4) is 0 Å². The molecule has 0 aliphatic rings. The summed E-state index contributed by atoms with van der Waals surface area (Å²) in [5.74, 6) is -6.11. The van der Waals surface area contributed by atoms with Gasteiger partial charge in [0.2, 0.25) is 0 Å². The molecule has 0 unspecified atom stereocenters. The van der Waals surface area contributed by atoms with E-state index in [2.05, 4.69) is 10.0 Å². The molecule has 0 N–H and O–H groups in total. The first-order valence-electron chi connectivity index (χ1n) is 11.5. The molecule has 0 aromatic rings. The molecule has 0 aromatic heterocycles. The van der Waals surface area contributed by atoms with Crippen LogP contribution in [-0.4, -0.2) is 82.5 Å². The van der Waals surface area contributed by atoms with Crippen molar-refractivity contribution in [2.75, 3.05) is 59.4 Å². The van der Waals surface area contributed by atoms with Crippen molar-refractivity contribution in [1.82, 2.24) is 5.23 Å². The smallest absolute Gasteiger partial charge is 0.328 e. The maximum atomic E-state index is 8.96. The highest BCUT2D eigenvalue weighted by Crippen LogP contribution is 2.41. The summed E-state index contributed by atoms with van der Waals surface area (Å²) < 4.78 is 42.2. The molecule has 0 aromatic carbocycles. The lowest BCUT2D eigenvalue weighted by molar-refractivity contribution is -0.635. The Morgan fingerprint density at radius 3 is 1.39 bits per heavy atom. The molecule has 13 nitrogen and oxygen atoms in total. The zero-order valence-electron chi connectivity index (χ0n) is 21.3. The maximum absolute atomic E-state index is 8.96. The monoisotopic (exact) mass is 482 g/mol. The highest BCUT2D eigenvalue weighted by atomic mass is 17.0. The zero-order chi connectivity index (χ0) is 25.2. The molecule has 196 valence electrons. The van der Waals surface area contributed by atoms with Crippen LogP contribution in [0.15, 0.2) is 5.11 Å². The average Bonchev–Trinajstić information content (AvgIpc) is 2.78. The van der Waals surface area contributed by atoms with Crippen molar-refractivity contribution in [2.24, 2.45) is 5.11 Å². The first-order valence-corrected chi connectivity index (χ1v) is 11.5. The second kappa shape index (κ2) is 17.4. The molecule has 0 fully saturated rings. The van der Waals surface area contributed by atoms with Gasteiger partial charge >= 0.3 is 11.9 Å². The normalized spacial score (nSPS) is 12.9. The van der Waals surface area contributed by atoms with Crippen LogP contribution in [0.25, 0.3) is 10.4 Å². The molecule has 0 atom stereocenters. The van der Waals surface area contributed by atoms with Crippen molar-refractivity contribution in [1.29, 1.82) is 0 Å². The number of hydrogen-bond acceptors (Lipinski definition) is 11. The van der Waals surface area contributed by atoms with Crippen molar-refractivity contribution in [2.45, 2.75) is 73.2 Å². The van der Waals surface area contributed by atoms with Crippen LogP contribution in [-0.2, 0) is 42.8 Å². The number of nitrogens with zero attached hydrogens (tertiary/aromatic N) is 4. The maximum Gasteiger partial charge on any atom is 0.365 e. The summed E-state index contributed by atoms with van der Waals surface area (Å²) in [7, 11) is 0. The summed E-state index contributed by atoms with van der Waals surface area (Å²) in [5.41, 5.74) is 8.96. The molecule has 0 rings (SSSR count). The van der Waals surface area contributed by atoms with E-state index >= 15 is 0 Å². The first-order chi connectivity index (χ1) is 15.9. The number of hydroxylamine groups is 2. The molecule has 0 saturated heterocycles. The highest BCUT2D eigenvalue weighted by Gasteiger charge is 2.68. The molecule has 0 radical (unpaired) electrons. The SMILES string of the molecule is CCON(OCC)C(OCC)(OCC)C(OCC)(OCC)OC(CN=[N+]=[N-])(OCC)OCC. The molecular formula is C20H42N4O9. The van der Waals surface area contributed by atoms with E-state index < -0.39 is 17.9 Å². The van der Waals surface area contributed by atoms with E-state index in [9.17, 15) is 0 Å². The van der Waals surface area contributed by atoms with Crippen molar-refractivity contribution < 1.29 is 42.8 Å². The van der Waals surface area contributed by atoms with Gasteiger partial charge in [-0.25, -0.2) is 0 Å². The fourth-order valence-electron chi connectivity index (χ4n) is 2.98. The Morgan fingerprint density at radius 2 is 1.06 bits per heavy atom. The number of hydrogen-bond donors (Lipinski definition) is 0. The molecule has 0 heterocycles. The molecule has 0 bridgehead atoms. The Hall–Kier alpha value is -1.09. The lowest BCUT2D eigenvalue weighted by Gasteiger charge is -2.51. The molecule has 0 aliphatic heterocycles. The average molecular weight is 483 g/mol. The Morgan fingerprint density at radius 1 is 0.636 bits per heavy atom. The van der Waals surface area contributed by atoms with Gasteiger partial charge in [-0.05, 0) is 60.9 Å². The fraction of sp³-hybridized carbons (Fsp3) is 1.00. The van der Waals surface area contributed by atoms with Crippen LogP contribution in [0.2, 0.25) is 0 Å². The Bertz CT molecular complexity index is 526. The van der Waals surface area contributed by atoms with E-state index in [1.165, 1.54) is 0 Å². The zero-order valence-corrected chi connectivity index (χ0v) is 21.3. The van der Waals surface area contributed by atoms with Crippen LogP contribution >= 0.6 is 0 Å². The van der Waals surface area contributed by atoms with E-state index in [-0.39, 0.29) is 59.4 Å².